The van der Waals surface area contributed by atoms with Gasteiger partial charge < -0.3 is 15.2 Å². The van der Waals surface area contributed by atoms with Crippen molar-refractivity contribution >= 4 is 11.9 Å². The Bertz CT molecular complexity index is 317. The fourth-order valence-electron chi connectivity index (χ4n) is 2.46. The highest BCUT2D eigenvalue weighted by Gasteiger charge is 2.30. The maximum absolute atomic E-state index is 11.9. The standard InChI is InChI=1S/C15H27NO4/c1-11(2)6-8-20-9-7-16-14(17)12-4-3-5-13(10-12)15(18)19/h11-13H,3-10H2,1-2H3,(H,16,17)(H,18,19). The lowest BCUT2D eigenvalue weighted by Crippen LogP contribution is -2.37. The van der Waals surface area contributed by atoms with Gasteiger partial charge in [-0.1, -0.05) is 20.3 Å². The Balaban J connectivity index is 2.14. The fraction of sp³-hybridized carbons (Fsp3) is 0.867. The molecule has 116 valence electrons. The van der Waals surface area contributed by atoms with E-state index >= 15 is 0 Å². The van der Waals surface area contributed by atoms with E-state index in [1.54, 1.807) is 0 Å². The normalized spacial score (nSPS) is 22.8. The molecule has 1 rings (SSSR count). The van der Waals surface area contributed by atoms with Crippen molar-refractivity contribution in [3.63, 3.8) is 0 Å². The summed E-state index contributed by atoms with van der Waals surface area (Å²) in [7, 11) is 0. The summed E-state index contributed by atoms with van der Waals surface area (Å²) in [6.07, 6.45) is 3.80. The zero-order valence-electron chi connectivity index (χ0n) is 12.6. The van der Waals surface area contributed by atoms with E-state index in [2.05, 4.69) is 19.2 Å². The first-order chi connectivity index (χ1) is 9.50. The van der Waals surface area contributed by atoms with Crippen molar-refractivity contribution in [2.45, 2.75) is 46.0 Å². The van der Waals surface area contributed by atoms with Crippen LogP contribution >= 0.6 is 0 Å². The van der Waals surface area contributed by atoms with E-state index in [0.29, 0.717) is 31.9 Å². The molecule has 2 N–H and O–H groups in total. The van der Waals surface area contributed by atoms with E-state index in [4.69, 9.17) is 9.84 Å². The smallest absolute Gasteiger partial charge is 0.306 e. The number of carboxylic acid groups (broad SMARTS) is 1. The molecule has 1 fully saturated rings. The number of carbonyl (C=O) groups excluding carboxylic acids is 1. The third-order valence-corrected chi connectivity index (χ3v) is 3.78. The van der Waals surface area contributed by atoms with Crippen LogP contribution in [0.5, 0.6) is 0 Å². The molecule has 0 aliphatic heterocycles. The van der Waals surface area contributed by atoms with Crippen LogP contribution in [-0.2, 0) is 14.3 Å². The van der Waals surface area contributed by atoms with E-state index in [1.807, 2.05) is 0 Å². The van der Waals surface area contributed by atoms with Gasteiger partial charge in [0, 0.05) is 19.1 Å². The van der Waals surface area contributed by atoms with Crippen LogP contribution in [-0.4, -0.2) is 36.7 Å². The molecule has 1 aliphatic rings. The molecular formula is C15H27NO4. The van der Waals surface area contributed by atoms with E-state index in [-0.39, 0.29) is 17.7 Å². The molecule has 0 aromatic heterocycles. The summed E-state index contributed by atoms with van der Waals surface area (Å²) in [5.74, 6) is -0.690. The molecule has 0 spiro atoms. The first-order valence-corrected chi connectivity index (χ1v) is 7.59. The highest BCUT2D eigenvalue weighted by molar-refractivity contribution is 5.80. The molecule has 2 unspecified atom stereocenters. The van der Waals surface area contributed by atoms with Crippen LogP contribution in [0.4, 0.5) is 0 Å². The summed E-state index contributed by atoms with van der Waals surface area (Å²) >= 11 is 0. The number of nitrogens with one attached hydrogen (secondary N) is 1. The zero-order valence-corrected chi connectivity index (χ0v) is 12.6. The molecule has 2 atom stereocenters. The highest BCUT2D eigenvalue weighted by Crippen LogP contribution is 2.29. The van der Waals surface area contributed by atoms with Gasteiger partial charge in [0.1, 0.15) is 0 Å². The number of carboxylic acids is 1. The highest BCUT2D eigenvalue weighted by atomic mass is 16.5. The second kappa shape index (κ2) is 8.95. The van der Waals surface area contributed by atoms with Gasteiger partial charge in [0.2, 0.25) is 5.91 Å². The Hall–Kier alpha value is -1.10. The van der Waals surface area contributed by atoms with Crippen molar-refractivity contribution in [3.05, 3.63) is 0 Å². The quantitative estimate of drug-likeness (QED) is 0.669. The van der Waals surface area contributed by atoms with Gasteiger partial charge in [-0.25, -0.2) is 0 Å². The number of hydrogen-bond acceptors (Lipinski definition) is 3. The number of hydrogen-bond donors (Lipinski definition) is 2. The molecule has 0 radical (unpaired) electrons. The Labute approximate surface area is 121 Å². The van der Waals surface area contributed by atoms with Crippen LogP contribution in [0.25, 0.3) is 0 Å². The van der Waals surface area contributed by atoms with E-state index < -0.39 is 5.97 Å². The van der Waals surface area contributed by atoms with Gasteiger partial charge in [-0.2, -0.15) is 0 Å². The van der Waals surface area contributed by atoms with Crippen LogP contribution in [0, 0.1) is 17.8 Å². The maximum Gasteiger partial charge on any atom is 0.306 e. The first kappa shape index (κ1) is 17.0. The molecule has 1 amide bonds. The lowest BCUT2D eigenvalue weighted by molar-refractivity contribution is -0.144. The number of amides is 1. The third-order valence-electron chi connectivity index (χ3n) is 3.78. The minimum atomic E-state index is -0.778. The molecule has 1 saturated carbocycles. The number of aliphatic carboxylic acids is 1. The lowest BCUT2D eigenvalue weighted by atomic mass is 9.81. The third kappa shape index (κ3) is 6.37. The topological polar surface area (TPSA) is 75.6 Å². The molecule has 5 heteroatoms. The van der Waals surface area contributed by atoms with Crippen molar-refractivity contribution in [2.24, 2.45) is 17.8 Å². The maximum atomic E-state index is 11.9. The second-order valence-electron chi connectivity index (χ2n) is 5.98. The van der Waals surface area contributed by atoms with E-state index in [1.165, 1.54) is 0 Å². The van der Waals surface area contributed by atoms with Gasteiger partial charge in [0.15, 0.2) is 0 Å². The van der Waals surface area contributed by atoms with Crippen LogP contribution < -0.4 is 5.32 Å². The Kier molecular flexibility index (Phi) is 7.59. The molecular weight excluding hydrogens is 258 g/mol. The van der Waals surface area contributed by atoms with Gasteiger partial charge in [0.05, 0.1) is 12.5 Å². The van der Waals surface area contributed by atoms with Crippen LogP contribution in [0.15, 0.2) is 0 Å². The predicted octanol–water partition coefficient (Wildman–Crippen LogP) is 2.06. The van der Waals surface area contributed by atoms with Gasteiger partial charge in [0.25, 0.3) is 0 Å². The summed E-state index contributed by atoms with van der Waals surface area (Å²) in [4.78, 5) is 22.9. The monoisotopic (exact) mass is 285 g/mol. The Morgan fingerprint density at radius 2 is 1.95 bits per heavy atom. The first-order valence-electron chi connectivity index (χ1n) is 7.59. The Morgan fingerprint density at radius 1 is 1.25 bits per heavy atom. The molecule has 0 heterocycles. The van der Waals surface area contributed by atoms with Crippen molar-refractivity contribution in [2.75, 3.05) is 19.8 Å². The second-order valence-corrected chi connectivity index (χ2v) is 5.98. The Morgan fingerprint density at radius 3 is 2.60 bits per heavy atom. The summed E-state index contributed by atoms with van der Waals surface area (Å²) in [6, 6.07) is 0. The van der Waals surface area contributed by atoms with Crippen molar-refractivity contribution in [3.8, 4) is 0 Å². The fourth-order valence-corrected chi connectivity index (χ4v) is 2.46. The minimum absolute atomic E-state index is 0.0246. The number of carbonyl (C=O) groups is 2. The molecule has 5 nitrogen and oxygen atoms in total. The molecule has 1 aliphatic carbocycles. The molecule has 0 bridgehead atoms. The summed E-state index contributed by atoms with van der Waals surface area (Å²) in [6.45, 7) is 6.04. The van der Waals surface area contributed by atoms with E-state index in [0.717, 1.165) is 25.9 Å². The van der Waals surface area contributed by atoms with E-state index in [9.17, 15) is 9.59 Å². The van der Waals surface area contributed by atoms with Crippen molar-refractivity contribution in [1.29, 1.82) is 0 Å². The largest absolute Gasteiger partial charge is 0.481 e. The van der Waals surface area contributed by atoms with Crippen LogP contribution in [0.3, 0.4) is 0 Å². The number of rotatable bonds is 8. The minimum Gasteiger partial charge on any atom is -0.481 e. The van der Waals surface area contributed by atoms with Crippen molar-refractivity contribution < 1.29 is 19.4 Å². The van der Waals surface area contributed by atoms with Gasteiger partial charge in [-0.05, 0) is 31.6 Å². The lowest BCUT2D eigenvalue weighted by Gasteiger charge is -2.25. The van der Waals surface area contributed by atoms with Crippen LogP contribution in [0.2, 0.25) is 0 Å². The molecule has 20 heavy (non-hydrogen) atoms. The SMILES string of the molecule is CC(C)CCOCCNC(=O)C1CCCC(C(=O)O)C1. The summed E-state index contributed by atoms with van der Waals surface area (Å²) < 4.78 is 5.43. The molecule has 0 aromatic carbocycles. The van der Waals surface area contributed by atoms with Gasteiger partial charge >= 0.3 is 5.97 Å². The number of ether oxygens (including phenoxy) is 1. The van der Waals surface area contributed by atoms with Gasteiger partial charge in [-0.3, -0.25) is 9.59 Å². The average Bonchev–Trinajstić information content (AvgIpc) is 2.42. The molecule has 0 saturated heterocycles. The zero-order chi connectivity index (χ0) is 15.0. The van der Waals surface area contributed by atoms with Crippen molar-refractivity contribution in [1.82, 2.24) is 5.32 Å². The summed E-state index contributed by atoms with van der Waals surface area (Å²) in [5.41, 5.74) is 0. The predicted molar refractivity (Wildman–Crippen MR) is 76.4 cm³/mol. The summed E-state index contributed by atoms with van der Waals surface area (Å²) in [5, 5.41) is 11.8. The average molecular weight is 285 g/mol. The van der Waals surface area contributed by atoms with Gasteiger partial charge in [-0.15, -0.1) is 0 Å². The molecule has 0 aromatic rings. The van der Waals surface area contributed by atoms with Crippen LogP contribution in [0.1, 0.15) is 46.0 Å².